The minimum absolute atomic E-state index is 0.0590. The van der Waals surface area contributed by atoms with Gasteiger partial charge in [-0.15, -0.1) is 0 Å². The average molecular weight is 739 g/mol. The highest BCUT2D eigenvalue weighted by Gasteiger charge is 2.13. The van der Waals surface area contributed by atoms with Crippen molar-refractivity contribution >= 4 is 41.4 Å². The van der Waals surface area contributed by atoms with Crippen LogP contribution in [0.2, 0.25) is 0 Å². The number of carbonyl (C=O) groups is 5. The molecule has 0 aromatic carbocycles. The van der Waals surface area contributed by atoms with Crippen molar-refractivity contribution in [2.45, 2.75) is 20.0 Å². The standard InChI is InChI=1S/C9H10N2O3.C8H7F2NO3.C7H5F2NO3.C7H8N2O2/c1-6(12)11-8-4-3-7(5-10-8)9(13)14-2;1-14-7(13)5-2-3-6(12)11(4-5)8(9)10;8-7(9)10-3-4(6(12)13)1-2-5(10)11;1-11-7(10)5-2-3-6(8)9-4-5/h3-5H,1-2H3,(H,10,11,12);2-4,8H,1H3;1-3,7H,(H,12,13);2-4H,1H3,(H2,8,9). The molecule has 0 aliphatic carbocycles. The van der Waals surface area contributed by atoms with E-state index in [2.05, 4.69) is 29.5 Å². The van der Waals surface area contributed by atoms with Crippen LogP contribution in [-0.4, -0.2) is 75.3 Å². The molecule has 0 aliphatic rings. The molecule has 52 heavy (non-hydrogen) atoms. The first-order valence-corrected chi connectivity index (χ1v) is 13.9. The third-order valence-electron chi connectivity index (χ3n) is 5.66. The van der Waals surface area contributed by atoms with Gasteiger partial charge in [0.15, 0.2) is 0 Å². The minimum Gasteiger partial charge on any atom is -0.478 e. The molecule has 21 heteroatoms. The fourth-order valence-electron chi connectivity index (χ4n) is 3.21. The molecule has 17 nitrogen and oxygen atoms in total. The Kier molecular flexibility index (Phi) is 17.6. The van der Waals surface area contributed by atoms with Crippen LogP contribution in [0.3, 0.4) is 0 Å². The number of amides is 1. The molecule has 4 aromatic rings. The Bertz CT molecular complexity index is 1950. The molecule has 4 aromatic heterocycles. The van der Waals surface area contributed by atoms with Gasteiger partial charge >= 0.3 is 37.0 Å². The van der Waals surface area contributed by atoms with Crippen LogP contribution in [0, 0.1) is 0 Å². The number of carboxylic acids is 1. The van der Waals surface area contributed by atoms with E-state index in [1.54, 1.807) is 12.1 Å². The summed E-state index contributed by atoms with van der Waals surface area (Å²) in [4.78, 5) is 82.9. The second-order valence-corrected chi connectivity index (χ2v) is 9.25. The maximum Gasteiger partial charge on any atom is 0.339 e. The Balaban J connectivity index is 0.000000348. The van der Waals surface area contributed by atoms with Crippen molar-refractivity contribution < 1.29 is 60.9 Å². The molecule has 0 spiro atoms. The summed E-state index contributed by atoms with van der Waals surface area (Å²) < 4.78 is 61.9. The summed E-state index contributed by atoms with van der Waals surface area (Å²) >= 11 is 0. The number of ether oxygens (including phenoxy) is 3. The number of nitrogens with zero attached hydrogens (tertiary/aromatic N) is 4. The number of hydrogen-bond donors (Lipinski definition) is 3. The van der Waals surface area contributed by atoms with E-state index in [0.717, 1.165) is 37.6 Å². The highest BCUT2D eigenvalue weighted by atomic mass is 19.3. The van der Waals surface area contributed by atoms with Crippen LogP contribution in [-0.2, 0) is 19.0 Å². The van der Waals surface area contributed by atoms with Gasteiger partial charge in [-0.25, -0.2) is 29.1 Å². The van der Waals surface area contributed by atoms with Crippen molar-refractivity contribution in [1.82, 2.24) is 19.1 Å². The molecule has 4 rings (SSSR count). The van der Waals surface area contributed by atoms with E-state index in [-0.39, 0.29) is 26.2 Å². The number of rotatable bonds is 7. The first-order valence-electron chi connectivity index (χ1n) is 13.9. The van der Waals surface area contributed by atoms with Gasteiger partial charge in [0.25, 0.3) is 11.1 Å². The van der Waals surface area contributed by atoms with Crippen LogP contribution in [0.15, 0.2) is 82.9 Å². The van der Waals surface area contributed by atoms with Crippen LogP contribution in [0.4, 0.5) is 29.2 Å². The average Bonchev–Trinajstić information content (AvgIpc) is 3.11. The lowest BCUT2D eigenvalue weighted by Crippen LogP contribution is -2.20. The number of nitrogens with two attached hydrogens (primary N) is 1. The number of hydrogen-bond acceptors (Lipinski definition) is 13. The first-order chi connectivity index (χ1) is 24.4. The van der Waals surface area contributed by atoms with Crippen molar-refractivity contribution in [3.63, 3.8) is 0 Å². The predicted molar refractivity (Wildman–Crippen MR) is 172 cm³/mol. The summed E-state index contributed by atoms with van der Waals surface area (Å²) in [5, 5.41) is 10.9. The summed E-state index contributed by atoms with van der Waals surface area (Å²) in [7, 11) is 3.74. The SMILES string of the molecule is COC(=O)c1ccc(=O)n(C(F)F)c1.COC(=O)c1ccc(N)nc1.COC(=O)c1ccc(NC(C)=O)nc1.O=C(O)c1ccc(=O)n(C(F)F)c1. The number of nitrogens with one attached hydrogen (secondary N) is 1. The van der Waals surface area contributed by atoms with Crippen LogP contribution >= 0.6 is 0 Å². The highest BCUT2D eigenvalue weighted by molar-refractivity contribution is 5.91. The normalized spacial score (nSPS) is 9.81. The van der Waals surface area contributed by atoms with Crippen LogP contribution in [0.1, 0.15) is 61.5 Å². The first kappa shape index (κ1) is 43.1. The molecule has 0 saturated heterocycles. The van der Waals surface area contributed by atoms with Gasteiger partial charge < -0.3 is 30.4 Å². The largest absolute Gasteiger partial charge is 0.478 e. The number of aromatic carboxylic acids is 1. The molecule has 0 bridgehead atoms. The van der Waals surface area contributed by atoms with Gasteiger partial charge in [-0.05, 0) is 36.4 Å². The second-order valence-electron chi connectivity index (χ2n) is 9.25. The number of nitrogen functional groups attached to an aromatic ring is 1. The predicted octanol–water partition coefficient (Wildman–Crippen LogP) is 3.25. The van der Waals surface area contributed by atoms with Crippen LogP contribution < -0.4 is 22.2 Å². The second kappa shape index (κ2) is 21.2. The molecule has 0 fully saturated rings. The van der Waals surface area contributed by atoms with Gasteiger partial charge in [0.1, 0.15) is 11.6 Å². The quantitative estimate of drug-likeness (QED) is 0.140. The van der Waals surface area contributed by atoms with Gasteiger partial charge in [0.05, 0.1) is 43.6 Å². The number of aromatic nitrogens is 4. The molecular formula is C31H30F4N6O11. The van der Waals surface area contributed by atoms with Crippen molar-refractivity contribution in [3.05, 3.63) is 116 Å². The Morgan fingerprint density at radius 2 is 1.08 bits per heavy atom. The summed E-state index contributed by atoms with van der Waals surface area (Å²) in [6, 6.07) is 9.96. The molecule has 278 valence electrons. The Morgan fingerprint density at radius 1 is 0.673 bits per heavy atom. The van der Waals surface area contributed by atoms with Crippen molar-refractivity contribution in [2.24, 2.45) is 0 Å². The van der Waals surface area contributed by atoms with Crippen molar-refractivity contribution in [3.8, 4) is 0 Å². The topological polar surface area (TPSA) is 241 Å². The van der Waals surface area contributed by atoms with Crippen LogP contribution in [0.25, 0.3) is 0 Å². The molecular weight excluding hydrogens is 708 g/mol. The highest BCUT2D eigenvalue weighted by Crippen LogP contribution is 2.09. The number of carboxylic acid groups (broad SMARTS) is 1. The molecule has 0 aliphatic heterocycles. The zero-order valence-electron chi connectivity index (χ0n) is 27.5. The number of methoxy groups -OCH3 is 3. The smallest absolute Gasteiger partial charge is 0.339 e. The van der Waals surface area contributed by atoms with Crippen molar-refractivity contribution in [2.75, 3.05) is 32.4 Å². The van der Waals surface area contributed by atoms with Gasteiger partial charge in [0, 0.05) is 43.8 Å². The lowest BCUT2D eigenvalue weighted by molar-refractivity contribution is -0.114. The van der Waals surface area contributed by atoms with Gasteiger partial charge in [-0.3, -0.25) is 23.5 Å². The lowest BCUT2D eigenvalue weighted by Gasteiger charge is -2.05. The third-order valence-corrected chi connectivity index (χ3v) is 5.66. The number of halogens is 4. The molecule has 4 heterocycles. The maximum absolute atomic E-state index is 12.2. The fourth-order valence-corrected chi connectivity index (χ4v) is 3.21. The van der Waals surface area contributed by atoms with E-state index in [4.69, 9.17) is 10.8 Å². The van der Waals surface area contributed by atoms with Gasteiger partial charge in [-0.2, -0.15) is 17.6 Å². The van der Waals surface area contributed by atoms with E-state index in [1.807, 2.05) is 0 Å². The molecule has 1 amide bonds. The number of pyridine rings is 4. The number of carbonyl (C=O) groups excluding carboxylic acids is 4. The Morgan fingerprint density at radius 3 is 1.44 bits per heavy atom. The van der Waals surface area contributed by atoms with E-state index >= 15 is 0 Å². The number of anilines is 2. The van der Waals surface area contributed by atoms with Crippen LogP contribution in [0.5, 0.6) is 0 Å². The van der Waals surface area contributed by atoms with E-state index < -0.39 is 48.1 Å². The molecule has 0 saturated carbocycles. The maximum atomic E-state index is 12.2. The molecule has 0 radical (unpaired) electrons. The molecule has 0 atom stereocenters. The van der Waals surface area contributed by atoms with Gasteiger partial charge in [0.2, 0.25) is 5.91 Å². The number of esters is 3. The molecule has 4 N–H and O–H groups in total. The van der Waals surface area contributed by atoms with E-state index in [0.29, 0.717) is 29.0 Å². The summed E-state index contributed by atoms with van der Waals surface area (Å²) in [5.41, 5.74) is 3.82. The Labute approximate surface area is 290 Å². The van der Waals surface area contributed by atoms with E-state index in [1.165, 1.54) is 45.7 Å². The van der Waals surface area contributed by atoms with E-state index in [9.17, 15) is 51.1 Å². The zero-order valence-corrected chi connectivity index (χ0v) is 27.5. The van der Waals surface area contributed by atoms with Crippen molar-refractivity contribution in [1.29, 1.82) is 0 Å². The third kappa shape index (κ3) is 14.3. The minimum atomic E-state index is -3.02. The summed E-state index contributed by atoms with van der Waals surface area (Å²) in [6.07, 6.45) is 4.09. The summed E-state index contributed by atoms with van der Waals surface area (Å²) in [6.45, 7) is -4.60. The lowest BCUT2D eigenvalue weighted by atomic mass is 10.3. The fraction of sp³-hybridized carbons (Fsp3) is 0.194. The van der Waals surface area contributed by atoms with Gasteiger partial charge in [-0.1, -0.05) is 0 Å². The monoisotopic (exact) mass is 738 g/mol. The summed E-state index contributed by atoms with van der Waals surface area (Å²) in [5.74, 6) is -2.38. The molecule has 0 unspecified atom stereocenters. The zero-order chi connectivity index (χ0) is 39.5. The number of alkyl halides is 4. The Hall–Kier alpha value is -6.93.